The number of rotatable bonds is 9. The number of cyclic esters (lactones) is 1. The molecule has 5 rings (SSSR count). The van der Waals surface area contributed by atoms with Gasteiger partial charge in [-0.1, -0.05) is 6.92 Å². The summed E-state index contributed by atoms with van der Waals surface area (Å²) < 4.78 is 22.2. The van der Waals surface area contributed by atoms with Gasteiger partial charge in [-0.05, 0) is 55.8 Å². The van der Waals surface area contributed by atoms with Crippen molar-refractivity contribution in [2.24, 2.45) is 0 Å². The molecule has 0 unspecified atom stereocenters. The summed E-state index contributed by atoms with van der Waals surface area (Å²) in [6.07, 6.45) is 3.14. The fourth-order valence-electron chi connectivity index (χ4n) is 4.56. The Kier molecular flexibility index (Phi) is 6.85. The Morgan fingerprint density at radius 3 is 2.83 bits per heavy atom. The number of benzene rings is 1. The number of carbonyl (C=O) groups excluding carboxylic acids is 1. The van der Waals surface area contributed by atoms with Gasteiger partial charge in [-0.3, -0.25) is 14.8 Å². The third-order valence-corrected chi connectivity index (χ3v) is 6.39. The highest BCUT2D eigenvalue weighted by molar-refractivity contribution is 5.90. The summed E-state index contributed by atoms with van der Waals surface area (Å²) in [6, 6.07) is 11.3. The summed E-state index contributed by atoms with van der Waals surface area (Å²) in [5, 5.41) is 0. The van der Waals surface area contributed by atoms with Crippen LogP contribution in [0.15, 0.2) is 42.6 Å². The number of carbonyl (C=O) groups is 1. The van der Waals surface area contributed by atoms with E-state index in [9.17, 15) is 4.79 Å². The molecule has 0 bridgehead atoms. The Bertz CT molecular complexity index is 1200. The molecule has 9 nitrogen and oxygen atoms in total. The van der Waals surface area contributed by atoms with Gasteiger partial charge in [0.15, 0.2) is 11.5 Å². The number of hydrogen-bond acceptors (Lipinski definition) is 8. The Balaban J connectivity index is 1.17. The molecule has 0 N–H and O–H groups in total. The van der Waals surface area contributed by atoms with Crippen molar-refractivity contribution < 1.29 is 23.7 Å². The molecule has 0 radical (unpaired) electrons. The maximum absolute atomic E-state index is 12.6. The lowest BCUT2D eigenvalue weighted by Gasteiger charge is -2.23. The molecule has 1 amide bonds. The largest absolute Gasteiger partial charge is 0.486 e. The molecule has 0 saturated carbocycles. The van der Waals surface area contributed by atoms with Crippen LogP contribution in [0.4, 0.5) is 10.5 Å². The second-order valence-corrected chi connectivity index (χ2v) is 8.63. The van der Waals surface area contributed by atoms with Gasteiger partial charge in [0, 0.05) is 24.9 Å². The second kappa shape index (κ2) is 10.4. The first-order valence-electron chi connectivity index (χ1n) is 12.0. The van der Waals surface area contributed by atoms with Gasteiger partial charge in [0.1, 0.15) is 19.3 Å². The molecule has 1 saturated heterocycles. The summed E-state index contributed by atoms with van der Waals surface area (Å²) in [4.78, 5) is 25.6. The van der Waals surface area contributed by atoms with Crippen molar-refractivity contribution in [2.45, 2.75) is 25.9 Å². The Morgan fingerprint density at radius 2 is 2.00 bits per heavy atom. The normalized spacial score (nSPS) is 17.2. The third kappa shape index (κ3) is 5.09. The highest BCUT2D eigenvalue weighted by atomic mass is 16.6. The molecule has 2 aromatic heterocycles. The van der Waals surface area contributed by atoms with Gasteiger partial charge < -0.3 is 18.9 Å². The molecule has 1 fully saturated rings. The summed E-state index contributed by atoms with van der Waals surface area (Å²) in [6.45, 7) is 6.14. The number of aromatic nitrogens is 2. The number of fused-ring (bicyclic) bond motifs is 2. The lowest BCUT2D eigenvalue weighted by Crippen LogP contribution is -2.35. The Labute approximate surface area is 204 Å². The Morgan fingerprint density at radius 1 is 1.14 bits per heavy atom. The van der Waals surface area contributed by atoms with E-state index in [0.29, 0.717) is 43.7 Å². The van der Waals surface area contributed by atoms with Crippen LogP contribution in [-0.4, -0.2) is 73.6 Å². The summed E-state index contributed by atoms with van der Waals surface area (Å²) >= 11 is 0. The van der Waals surface area contributed by atoms with Crippen LogP contribution in [0.2, 0.25) is 0 Å². The highest BCUT2D eigenvalue weighted by Gasteiger charge is 2.34. The van der Waals surface area contributed by atoms with Crippen molar-refractivity contribution >= 4 is 22.8 Å². The highest BCUT2D eigenvalue weighted by Crippen LogP contribution is 2.35. The standard InChI is InChI=1S/C26H30N4O5/c1-3-29(12-4-5-18-10-11-27-21-7-9-24(32-2)28-25(18)21)16-20-17-30(26(31)35-20)19-6-8-22-23(15-19)34-14-13-33-22/h6-11,15,20H,3-5,12-14,16-17H2,1-2H3/t20-/m0/s1. The van der Waals surface area contributed by atoms with Crippen LogP contribution >= 0.6 is 0 Å². The van der Waals surface area contributed by atoms with E-state index in [-0.39, 0.29) is 12.2 Å². The minimum atomic E-state index is -0.328. The maximum atomic E-state index is 12.6. The molecule has 35 heavy (non-hydrogen) atoms. The van der Waals surface area contributed by atoms with Crippen molar-refractivity contribution in [3.63, 3.8) is 0 Å². The van der Waals surface area contributed by atoms with Gasteiger partial charge >= 0.3 is 6.09 Å². The SMILES string of the molecule is CCN(CCCc1ccnc2ccc(OC)nc12)C[C@H]1CN(c2ccc3c(c2)OCCO3)C(=O)O1. The van der Waals surface area contributed by atoms with E-state index in [1.165, 1.54) is 0 Å². The van der Waals surface area contributed by atoms with Crippen LogP contribution in [0.25, 0.3) is 11.0 Å². The van der Waals surface area contributed by atoms with E-state index >= 15 is 0 Å². The lowest BCUT2D eigenvalue weighted by molar-refractivity contribution is 0.110. The van der Waals surface area contributed by atoms with Crippen LogP contribution in [-0.2, 0) is 11.2 Å². The van der Waals surface area contributed by atoms with Crippen LogP contribution in [0.3, 0.4) is 0 Å². The lowest BCUT2D eigenvalue weighted by atomic mass is 10.1. The van der Waals surface area contributed by atoms with E-state index in [0.717, 1.165) is 48.2 Å². The van der Waals surface area contributed by atoms with Gasteiger partial charge in [0.2, 0.25) is 5.88 Å². The van der Waals surface area contributed by atoms with E-state index in [2.05, 4.69) is 21.8 Å². The van der Waals surface area contributed by atoms with Crippen LogP contribution in [0, 0.1) is 0 Å². The zero-order chi connectivity index (χ0) is 24.2. The number of ether oxygens (including phenoxy) is 4. The summed E-state index contributed by atoms with van der Waals surface area (Å²) in [5.74, 6) is 1.96. The fraction of sp³-hybridized carbons (Fsp3) is 0.423. The number of amides is 1. The molecule has 1 aromatic carbocycles. The van der Waals surface area contributed by atoms with E-state index in [1.54, 1.807) is 12.0 Å². The average Bonchev–Trinajstić information content (AvgIpc) is 3.27. The molecular weight excluding hydrogens is 448 g/mol. The van der Waals surface area contributed by atoms with Crippen LogP contribution < -0.4 is 19.1 Å². The van der Waals surface area contributed by atoms with Crippen molar-refractivity contribution in [2.75, 3.05) is 51.4 Å². The topological polar surface area (TPSA) is 86.3 Å². The summed E-state index contributed by atoms with van der Waals surface area (Å²) in [7, 11) is 1.62. The first-order valence-corrected chi connectivity index (χ1v) is 12.0. The first kappa shape index (κ1) is 23.2. The minimum absolute atomic E-state index is 0.191. The number of methoxy groups -OCH3 is 1. The predicted octanol–water partition coefficient (Wildman–Crippen LogP) is 3.69. The minimum Gasteiger partial charge on any atom is -0.486 e. The number of nitrogens with zero attached hydrogens (tertiary/aromatic N) is 4. The van der Waals surface area contributed by atoms with Crippen molar-refractivity contribution in [3.05, 3.63) is 48.2 Å². The van der Waals surface area contributed by atoms with Crippen molar-refractivity contribution in [1.29, 1.82) is 0 Å². The van der Waals surface area contributed by atoms with Crippen LogP contribution in [0.5, 0.6) is 17.4 Å². The molecule has 0 spiro atoms. The van der Waals surface area contributed by atoms with Gasteiger partial charge in [0.05, 0.1) is 30.4 Å². The molecule has 0 aliphatic carbocycles. The molecule has 9 heteroatoms. The zero-order valence-corrected chi connectivity index (χ0v) is 20.1. The zero-order valence-electron chi connectivity index (χ0n) is 20.1. The van der Waals surface area contributed by atoms with E-state index < -0.39 is 0 Å². The molecule has 184 valence electrons. The number of likely N-dealkylation sites (N-methyl/N-ethyl adjacent to an activating group) is 1. The first-order chi connectivity index (χ1) is 17.1. The number of aryl methyl sites for hydroxylation is 1. The molecule has 2 aliphatic rings. The third-order valence-electron chi connectivity index (χ3n) is 6.39. The number of pyridine rings is 2. The number of anilines is 1. The molecular formula is C26H30N4O5. The quantitative estimate of drug-likeness (QED) is 0.460. The summed E-state index contributed by atoms with van der Waals surface area (Å²) in [5.41, 5.74) is 3.67. The van der Waals surface area contributed by atoms with Crippen molar-refractivity contribution in [3.8, 4) is 17.4 Å². The molecule has 2 aliphatic heterocycles. The van der Waals surface area contributed by atoms with Gasteiger partial charge in [-0.25, -0.2) is 9.78 Å². The molecule has 1 atom stereocenters. The molecule has 3 aromatic rings. The number of hydrogen-bond donors (Lipinski definition) is 0. The van der Waals surface area contributed by atoms with E-state index in [1.807, 2.05) is 42.6 Å². The van der Waals surface area contributed by atoms with Crippen LogP contribution in [0.1, 0.15) is 18.9 Å². The monoisotopic (exact) mass is 478 g/mol. The smallest absolute Gasteiger partial charge is 0.414 e. The average molecular weight is 479 g/mol. The molecule has 4 heterocycles. The fourth-order valence-corrected chi connectivity index (χ4v) is 4.56. The maximum Gasteiger partial charge on any atom is 0.414 e. The van der Waals surface area contributed by atoms with Gasteiger partial charge in [-0.15, -0.1) is 0 Å². The van der Waals surface area contributed by atoms with E-state index in [4.69, 9.17) is 18.9 Å². The Hall–Kier alpha value is -3.59. The second-order valence-electron chi connectivity index (χ2n) is 8.63. The predicted molar refractivity (Wildman–Crippen MR) is 132 cm³/mol. The van der Waals surface area contributed by atoms with Crippen molar-refractivity contribution in [1.82, 2.24) is 14.9 Å². The van der Waals surface area contributed by atoms with Gasteiger partial charge in [-0.2, -0.15) is 0 Å². The van der Waals surface area contributed by atoms with Gasteiger partial charge in [0.25, 0.3) is 0 Å².